The van der Waals surface area contributed by atoms with Crippen LogP contribution in [0.15, 0.2) is 0 Å². The monoisotopic (exact) mass is 154 g/mol. The predicted molar refractivity (Wildman–Crippen MR) is 46.7 cm³/mol. The van der Waals surface area contributed by atoms with Gasteiger partial charge in [0.15, 0.2) is 0 Å². The zero-order valence-electron chi connectivity index (χ0n) is 7.34. The molecule has 0 aromatic rings. The maximum atomic E-state index is 3.41. The van der Waals surface area contributed by atoms with Crippen molar-refractivity contribution >= 4 is 0 Å². The Labute approximate surface area is 69.0 Å². The van der Waals surface area contributed by atoms with Gasteiger partial charge in [0.05, 0.1) is 0 Å². The van der Waals surface area contributed by atoms with Crippen LogP contribution in [-0.2, 0) is 0 Å². The van der Waals surface area contributed by atoms with E-state index >= 15 is 0 Å². The molecule has 0 bridgehead atoms. The number of nitrogens with zero attached hydrogens (tertiary/aromatic N) is 1. The molecular formula is C9H18N2. The summed E-state index contributed by atoms with van der Waals surface area (Å²) in [6.45, 7) is 2.44. The van der Waals surface area contributed by atoms with Gasteiger partial charge in [0, 0.05) is 18.6 Å². The predicted octanol–water partition coefficient (Wildman–Crippen LogP) is 0.833. The van der Waals surface area contributed by atoms with Crippen molar-refractivity contribution in [2.24, 2.45) is 0 Å². The highest BCUT2D eigenvalue weighted by Gasteiger charge is 2.28. The van der Waals surface area contributed by atoms with Gasteiger partial charge in [-0.15, -0.1) is 0 Å². The summed E-state index contributed by atoms with van der Waals surface area (Å²) >= 11 is 0. The quantitative estimate of drug-likeness (QED) is 0.634. The molecular weight excluding hydrogens is 136 g/mol. The maximum absolute atomic E-state index is 3.41. The van der Waals surface area contributed by atoms with Crippen molar-refractivity contribution in [3.05, 3.63) is 0 Å². The van der Waals surface area contributed by atoms with Crippen LogP contribution in [0.2, 0.25) is 0 Å². The lowest BCUT2D eigenvalue weighted by atomic mass is 9.91. The summed E-state index contributed by atoms with van der Waals surface area (Å²) in [5, 5.41) is 3.41. The van der Waals surface area contributed by atoms with Crippen LogP contribution in [0.4, 0.5) is 0 Å². The fourth-order valence-corrected chi connectivity index (χ4v) is 2.08. The van der Waals surface area contributed by atoms with Gasteiger partial charge >= 0.3 is 0 Å². The Kier molecular flexibility index (Phi) is 2.14. The van der Waals surface area contributed by atoms with E-state index in [0.29, 0.717) is 0 Å². The van der Waals surface area contributed by atoms with Gasteiger partial charge < -0.3 is 5.32 Å². The molecule has 1 saturated heterocycles. The molecule has 1 saturated carbocycles. The molecule has 11 heavy (non-hydrogen) atoms. The third-order valence-corrected chi connectivity index (χ3v) is 3.26. The Morgan fingerprint density at radius 2 is 2.00 bits per heavy atom. The first-order chi connectivity index (χ1) is 5.38. The SMILES string of the molecule is CN(C1CCC1)C1CCNC1. The van der Waals surface area contributed by atoms with Crippen LogP contribution < -0.4 is 5.32 Å². The minimum atomic E-state index is 0.834. The third kappa shape index (κ3) is 1.42. The molecule has 0 aromatic carbocycles. The van der Waals surface area contributed by atoms with Crippen molar-refractivity contribution in [3.8, 4) is 0 Å². The molecule has 64 valence electrons. The lowest BCUT2D eigenvalue weighted by molar-refractivity contribution is 0.118. The van der Waals surface area contributed by atoms with Gasteiger partial charge in [-0.3, -0.25) is 4.90 Å². The van der Waals surface area contributed by atoms with E-state index in [2.05, 4.69) is 17.3 Å². The highest BCUT2D eigenvalue weighted by atomic mass is 15.2. The fourth-order valence-electron chi connectivity index (χ4n) is 2.08. The second kappa shape index (κ2) is 3.11. The molecule has 2 heteroatoms. The summed E-state index contributed by atoms with van der Waals surface area (Å²) in [5.41, 5.74) is 0. The lowest BCUT2D eigenvalue weighted by Crippen LogP contribution is -2.44. The average Bonchev–Trinajstić information content (AvgIpc) is 2.32. The van der Waals surface area contributed by atoms with Crippen molar-refractivity contribution in [2.75, 3.05) is 20.1 Å². The largest absolute Gasteiger partial charge is 0.315 e. The van der Waals surface area contributed by atoms with E-state index in [1.165, 1.54) is 38.8 Å². The molecule has 1 heterocycles. The zero-order chi connectivity index (χ0) is 7.68. The highest BCUT2D eigenvalue weighted by Crippen LogP contribution is 2.26. The third-order valence-electron chi connectivity index (χ3n) is 3.26. The summed E-state index contributed by atoms with van der Waals surface area (Å²) < 4.78 is 0. The second-order valence-corrected chi connectivity index (χ2v) is 3.90. The van der Waals surface area contributed by atoms with Crippen LogP contribution in [0.1, 0.15) is 25.7 Å². The van der Waals surface area contributed by atoms with E-state index in [9.17, 15) is 0 Å². The first-order valence-corrected chi connectivity index (χ1v) is 4.80. The Hall–Kier alpha value is -0.0800. The zero-order valence-corrected chi connectivity index (χ0v) is 7.34. The normalized spacial score (nSPS) is 32.7. The number of likely N-dealkylation sites (N-methyl/N-ethyl adjacent to an activating group) is 1. The summed E-state index contributed by atoms with van der Waals surface area (Å²) in [6, 6.07) is 1.75. The van der Waals surface area contributed by atoms with Crippen molar-refractivity contribution in [3.63, 3.8) is 0 Å². The van der Waals surface area contributed by atoms with Crippen LogP contribution >= 0.6 is 0 Å². The molecule has 0 spiro atoms. The Morgan fingerprint density at radius 3 is 2.45 bits per heavy atom. The molecule has 1 aliphatic carbocycles. The van der Waals surface area contributed by atoms with Crippen LogP contribution in [0, 0.1) is 0 Å². The molecule has 1 atom stereocenters. The summed E-state index contributed by atoms with van der Waals surface area (Å²) in [7, 11) is 2.29. The molecule has 1 unspecified atom stereocenters. The molecule has 2 aliphatic rings. The van der Waals surface area contributed by atoms with Crippen molar-refractivity contribution in [1.82, 2.24) is 10.2 Å². The van der Waals surface area contributed by atoms with Gasteiger partial charge in [-0.25, -0.2) is 0 Å². The number of rotatable bonds is 2. The van der Waals surface area contributed by atoms with Crippen LogP contribution in [-0.4, -0.2) is 37.1 Å². The fraction of sp³-hybridized carbons (Fsp3) is 1.00. The van der Waals surface area contributed by atoms with E-state index in [1.54, 1.807) is 0 Å². The standard InChI is InChI=1S/C9H18N2/c1-11(8-3-2-4-8)9-5-6-10-7-9/h8-10H,2-7H2,1H3. The lowest BCUT2D eigenvalue weighted by Gasteiger charge is -2.38. The van der Waals surface area contributed by atoms with E-state index in [1.807, 2.05) is 0 Å². The van der Waals surface area contributed by atoms with E-state index in [-0.39, 0.29) is 0 Å². The summed E-state index contributed by atoms with van der Waals surface area (Å²) in [5.74, 6) is 0. The molecule has 1 aliphatic heterocycles. The summed E-state index contributed by atoms with van der Waals surface area (Å²) in [4.78, 5) is 2.59. The van der Waals surface area contributed by atoms with Gasteiger partial charge in [0.2, 0.25) is 0 Å². The van der Waals surface area contributed by atoms with E-state index < -0.39 is 0 Å². The van der Waals surface area contributed by atoms with Gasteiger partial charge in [0.1, 0.15) is 0 Å². The number of hydrogen-bond donors (Lipinski definition) is 1. The second-order valence-electron chi connectivity index (χ2n) is 3.90. The first kappa shape index (κ1) is 7.56. The Bertz CT molecular complexity index is 126. The minimum Gasteiger partial charge on any atom is -0.315 e. The van der Waals surface area contributed by atoms with Crippen LogP contribution in [0.25, 0.3) is 0 Å². The van der Waals surface area contributed by atoms with E-state index in [4.69, 9.17) is 0 Å². The Morgan fingerprint density at radius 1 is 1.18 bits per heavy atom. The van der Waals surface area contributed by atoms with Gasteiger partial charge in [0.25, 0.3) is 0 Å². The first-order valence-electron chi connectivity index (χ1n) is 4.80. The molecule has 0 amide bonds. The molecule has 0 radical (unpaired) electrons. The van der Waals surface area contributed by atoms with Crippen molar-refractivity contribution in [2.45, 2.75) is 37.8 Å². The summed E-state index contributed by atoms with van der Waals surface area (Å²) in [6.07, 6.45) is 5.68. The molecule has 2 nitrogen and oxygen atoms in total. The minimum absolute atomic E-state index is 0.834. The molecule has 2 fully saturated rings. The number of hydrogen-bond acceptors (Lipinski definition) is 2. The van der Waals surface area contributed by atoms with Crippen molar-refractivity contribution < 1.29 is 0 Å². The number of nitrogens with one attached hydrogen (secondary N) is 1. The van der Waals surface area contributed by atoms with E-state index in [0.717, 1.165) is 12.1 Å². The maximum Gasteiger partial charge on any atom is 0.0232 e. The van der Waals surface area contributed by atoms with Gasteiger partial charge in [-0.05, 0) is 32.9 Å². The van der Waals surface area contributed by atoms with Crippen molar-refractivity contribution in [1.29, 1.82) is 0 Å². The Balaban J connectivity index is 1.82. The van der Waals surface area contributed by atoms with Gasteiger partial charge in [-0.1, -0.05) is 6.42 Å². The molecule has 2 rings (SSSR count). The van der Waals surface area contributed by atoms with Gasteiger partial charge in [-0.2, -0.15) is 0 Å². The smallest absolute Gasteiger partial charge is 0.0232 e. The topological polar surface area (TPSA) is 15.3 Å². The van der Waals surface area contributed by atoms with Crippen LogP contribution in [0.5, 0.6) is 0 Å². The molecule has 1 N–H and O–H groups in total. The highest BCUT2D eigenvalue weighted by molar-refractivity contribution is 4.86. The molecule has 0 aromatic heterocycles. The van der Waals surface area contributed by atoms with Crippen LogP contribution in [0.3, 0.4) is 0 Å². The average molecular weight is 154 g/mol.